The summed E-state index contributed by atoms with van der Waals surface area (Å²) < 4.78 is 240. The first kappa shape index (κ1) is 100. The first-order valence-electron chi connectivity index (χ1n) is 31.2. The number of carbonyl (C=O) groups is 6. The van der Waals surface area contributed by atoms with Gasteiger partial charge in [-0.3, -0.25) is 0 Å². The van der Waals surface area contributed by atoms with Gasteiger partial charge in [-0.05, 0) is 89.0 Å². The van der Waals surface area contributed by atoms with E-state index in [1.807, 2.05) is 19.0 Å². The number of phenols is 1. The van der Waals surface area contributed by atoms with Crippen LogP contribution in [-0.2, 0) is 133 Å². The third kappa shape index (κ3) is 41.4. The van der Waals surface area contributed by atoms with E-state index in [1.54, 1.807) is 36.4 Å². The second-order valence-corrected chi connectivity index (χ2v) is 31.0. The average Bonchev–Trinajstić information content (AvgIpc) is 0.849. The van der Waals surface area contributed by atoms with E-state index in [0.717, 1.165) is 29.4 Å². The molecule has 0 aliphatic heterocycles. The van der Waals surface area contributed by atoms with Gasteiger partial charge in [-0.25, -0.2) is 88.1 Å². The number of halogens is 2. The molecule has 48 heteroatoms. The van der Waals surface area contributed by atoms with Gasteiger partial charge in [0.15, 0.2) is 0 Å². The lowest BCUT2D eigenvalue weighted by molar-refractivity contribution is 0.0511. The van der Waals surface area contributed by atoms with Gasteiger partial charge in [0, 0.05) is 25.5 Å². The van der Waals surface area contributed by atoms with Gasteiger partial charge >= 0.3 is 35.8 Å². The van der Waals surface area contributed by atoms with Gasteiger partial charge < -0.3 is 71.5 Å². The number of benzene rings is 6. The third-order valence-corrected chi connectivity index (χ3v) is 17.5. The van der Waals surface area contributed by atoms with Crippen molar-refractivity contribution in [2.45, 2.75) is 44.2 Å². The minimum Gasteiger partial charge on any atom is -0.748 e. The van der Waals surface area contributed by atoms with Crippen molar-refractivity contribution in [2.75, 3.05) is 98.9 Å². The zero-order chi connectivity index (χ0) is 84.8. The highest BCUT2D eigenvalue weighted by Crippen LogP contribution is 2.23. The molecule has 3 N–H and O–H groups in total. The Labute approximate surface area is 649 Å². The standard InChI is InChI=1S/C12H16BNO5S.C11H12B2O5S.2C10H10BFO5S.C10H12BNO5S.C10H11BO6S/c1-14(2)11-4-3-9(7-10(11)8-13)12(15)19-5-6-20(16,17)18;12-6-8-2-1-3-9(10(8)7-13)11(14)18-4-5-19(15,16)17;11-6-7-1-2-9(12)8(5-7)10(13)17-3-4-18(14,15)16;11-6-7-2-1-3-8(12)9(7)10(13)17-4-5-18(14,15)16;11-6-7-1-2-9(12)8(5-7)10(13)17-3-4-18(14,15)16;11-6-8-2-1-7(5-9(8)12)10(13)17-3-4-18(14,15)16/h3-4,7H,5-6,8H2,1-2H3,(H,16,17,18);1-3H,4-7H2,(H,15,16,17);1-2,5H,3-4,6H2,(H,14,15,16);1-3H,4-6H2,(H,14,15,16);1-2,5H,3-4,6,12H2,(H,14,15,16);1-2,5,12H,3-4,6H2,(H,14,15,16)/p-6. The number of hydrogen-bond acceptors (Lipinski definition) is 33. The minimum absolute atomic E-state index is 0.0491. The maximum Gasteiger partial charge on any atom is 0.341 e. The highest BCUT2D eigenvalue weighted by molar-refractivity contribution is 7.86. The second-order valence-electron chi connectivity index (χ2n) is 21.8. The summed E-state index contributed by atoms with van der Waals surface area (Å²) in [5.74, 6) is -11.6. The third-order valence-electron chi connectivity index (χ3n) is 13.5. The number of nitrogens with zero attached hydrogens (tertiary/aromatic N) is 1. The summed E-state index contributed by atoms with van der Waals surface area (Å²) in [5, 5.41) is 9.46. The Morgan fingerprint density at radius 1 is 0.378 bits per heavy atom. The lowest BCUT2D eigenvalue weighted by atomic mass is 9.84. The van der Waals surface area contributed by atoms with Gasteiger partial charge in [0.1, 0.15) is 57.0 Å². The molecule has 0 fully saturated rings. The number of anilines is 2. The lowest BCUT2D eigenvalue weighted by Gasteiger charge is -2.17. The van der Waals surface area contributed by atoms with E-state index in [4.69, 9.17) is 70.1 Å². The van der Waals surface area contributed by atoms with Crippen LogP contribution in [0.3, 0.4) is 0 Å². The molecule has 111 heavy (non-hydrogen) atoms. The molecule has 14 radical (unpaired) electrons. The Balaban J connectivity index is 0.000000666. The van der Waals surface area contributed by atoms with Gasteiger partial charge in [0.05, 0.1) is 184 Å². The number of carbonyl (C=O) groups excluding carboxylic acids is 6. The van der Waals surface area contributed by atoms with Crippen LogP contribution in [0.1, 0.15) is 101 Å². The summed E-state index contributed by atoms with van der Waals surface area (Å²) in [6, 6.07) is 25.9. The van der Waals surface area contributed by atoms with Crippen molar-refractivity contribution >= 4 is 163 Å². The van der Waals surface area contributed by atoms with Crippen LogP contribution in [0.5, 0.6) is 5.75 Å². The Bertz CT molecular complexity index is 4780. The maximum atomic E-state index is 13.4. The van der Waals surface area contributed by atoms with E-state index < -0.39 is 182 Å². The molecule has 0 spiro atoms. The van der Waals surface area contributed by atoms with Crippen molar-refractivity contribution in [2.24, 2.45) is 0 Å². The zero-order valence-corrected chi connectivity index (χ0v) is 63.7. The Morgan fingerprint density at radius 2 is 0.739 bits per heavy atom. The minimum atomic E-state index is -4.47. The molecule has 0 heterocycles. The highest BCUT2D eigenvalue weighted by Gasteiger charge is 2.20. The molecule has 0 aromatic heterocycles. The fourth-order valence-electron chi connectivity index (χ4n) is 8.06. The van der Waals surface area contributed by atoms with E-state index in [9.17, 15) is 120 Å². The van der Waals surface area contributed by atoms with E-state index in [-0.39, 0.29) is 94.6 Å². The van der Waals surface area contributed by atoms with Crippen LogP contribution in [0.15, 0.2) is 109 Å². The fourth-order valence-corrected chi connectivity index (χ4v) is 9.78. The second kappa shape index (κ2) is 48.3. The van der Waals surface area contributed by atoms with E-state index in [0.29, 0.717) is 27.8 Å². The van der Waals surface area contributed by atoms with E-state index >= 15 is 0 Å². The fraction of sp³-hybridized carbons (Fsp3) is 0.333. The Kier molecular flexibility index (Phi) is 43.6. The zero-order valence-electron chi connectivity index (χ0n) is 58.8. The molecule has 0 unspecified atom stereocenters. The molecule has 0 amide bonds. The molecular weight excluding hydrogens is 1590 g/mol. The van der Waals surface area contributed by atoms with Crippen molar-refractivity contribution in [3.8, 4) is 5.75 Å². The monoisotopic (exact) mass is 1650 g/mol. The molecule has 0 bridgehead atoms. The summed E-state index contributed by atoms with van der Waals surface area (Å²) in [4.78, 5) is 71.3. The summed E-state index contributed by atoms with van der Waals surface area (Å²) >= 11 is 0. The van der Waals surface area contributed by atoms with Crippen LogP contribution in [-0.4, -0.2) is 262 Å². The van der Waals surface area contributed by atoms with E-state index in [1.165, 1.54) is 54.6 Å². The first-order valence-corrected chi connectivity index (χ1v) is 40.7. The Morgan fingerprint density at radius 3 is 1.14 bits per heavy atom. The molecule has 590 valence electrons. The van der Waals surface area contributed by atoms with E-state index in [2.05, 4.69) is 18.9 Å². The van der Waals surface area contributed by atoms with Crippen molar-refractivity contribution in [3.63, 3.8) is 0 Å². The molecule has 0 aliphatic rings. The number of aromatic hydroxyl groups is 1. The quantitative estimate of drug-likeness (QED) is 0.0179. The smallest absolute Gasteiger partial charge is 0.341 e. The number of nitrogens with two attached hydrogens (primary N) is 1. The van der Waals surface area contributed by atoms with Gasteiger partial charge in [0.25, 0.3) is 0 Å². The molecule has 0 atom stereocenters. The van der Waals surface area contributed by atoms with Crippen molar-refractivity contribution in [1.82, 2.24) is 0 Å². The number of hydrogen-bond donors (Lipinski definition) is 2. The molecule has 6 aromatic carbocycles. The molecule has 0 saturated carbocycles. The predicted molar refractivity (Wildman–Crippen MR) is 394 cm³/mol. The SMILES string of the molecule is [B]Cc1cc(C(=O)OCCS(=O)(=O)[O-])ccc1N(C)C.[B]Cc1ccc(C(=O)OCCS(=O)(=O)[O-])cc1O.[B]Cc1ccc(F)c(C(=O)OCCS(=O)(=O)[O-])c1.[B]Cc1ccc(N)c(C(=O)OCCS(=O)(=O)[O-])c1.[B]Cc1cccc(C(=O)OCCS(=O)(=O)[O-])c1C[B].[B]Cc1cccc(F)c1C(=O)OCCS(=O)(=O)[O-]. The van der Waals surface area contributed by atoms with Crippen molar-refractivity contribution < 1.29 is 149 Å². The first-order chi connectivity index (χ1) is 51.5. The number of ether oxygens (including phenoxy) is 6. The number of rotatable bonds is 32. The van der Waals surface area contributed by atoms with Gasteiger partial charge in [-0.2, -0.15) is 0 Å². The molecule has 6 aromatic rings. The molecule has 0 aliphatic carbocycles. The highest BCUT2D eigenvalue weighted by atomic mass is 32.2. The van der Waals surface area contributed by atoms with Gasteiger partial charge in [0.2, 0.25) is 0 Å². The summed E-state index contributed by atoms with van der Waals surface area (Å²) in [5.41, 5.74) is 10.6. The van der Waals surface area contributed by atoms with Crippen LogP contribution < -0.4 is 10.6 Å². The molecule has 0 saturated heterocycles. The average molecular weight is 1650 g/mol. The number of esters is 6. The van der Waals surface area contributed by atoms with Crippen molar-refractivity contribution in [3.05, 3.63) is 193 Å². The number of phenolic OH excluding ortho intramolecular Hbond substituents is 1. The lowest BCUT2D eigenvalue weighted by Crippen LogP contribution is -2.17. The largest absolute Gasteiger partial charge is 0.748 e. The van der Waals surface area contributed by atoms with Crippen LogP contribution in [0.4, 0.5) is 20.2 Å². The molecular formula is C63H65B7F2N2O31S6-6. The normalized spacial score (nSPS) is 11.2. The number of nitrogen functional groups attached to an aromatic ring is 1. The summed E-state index contributed by atoms with van der Waals surface area (Å²) in [6.07, 6.45) is 0.993. The van der Waals surface area contributed by atoms with Gasteiger partial charge in [-0.15, -0.1) is 0 Å². The summed E-state index contributed by atoms with van der Waals surface area (Å²) in [6.45, 7) is -3.21. The summed E-state index contributed by atoms with van der Waals surface area (Å²) in [7, 11) is 15.3. The Hall–Kier alpha value is -8.69. The maximum absolute atomic E-state index is 13.4. The predicted octanol–water partition coefficient (Wildman–Crippen LogP) is -0.357. The van der Waals surface area contributed by atoms with Crippen LogP contribution in [0.2, 0.25) is 0 Å². The van der Waals surface area contributed by atoms with Crippen LogP contribution in [0.25, 0.3) is 0 Å². The molecule has 6 rings (SSSR count). The van der Waals surface area contributed by atoms with Crippen molar-refractivity contribution in [1.29, 1.82) is 0 Å². The molecule has 33 nitrogen and oxygen atoms in total. The topological polar surface area (TPSA) is 550 Å². The van der Waals surface area contributed by atoms with Crippen LogP contribution >= 0.6 is 0 Å². The van der Waals surface area contributed by atoms with Gasteiger partial charge in [-0.1, -0.05) is 103 Å². The van der Waals surface area contributed by atoms with Crippen LogP contribution in [0, 0.1) is 11.6 Å².